The van der Waals surface area contributed by atoms with Gasteiger partial charge in [-0.25, -0.2) is 9.98 Å². The van der Waals surface area contributed by atoms with Crippen molar-refractivity contribution in [2.45, 2.75) is 32.5 Å². The molecule has 2 heterocycles. The van der Waals surface area contributed by atoms with E-state index in [1.165, 1.54) is 6.20 Å². The number of aromatic amines is 1. The van der Waals surface area contributed by atoms with E-state index in [9.17, 15) is 18.0 Å². The van der Waals surface area contributed by atoms with E-state index < -0.39 is 23.3 Å². The lowest BCUT2D eigenvalue weighted by atomic mass is 10.1. The van der Waals surface area contributed by atoms with E-state index in [0.717, 1.165) is 17.4 Å². The Morgan fingerprint density at radius 2 is 2.04 bits per heavy atom. The summed E-state index contributed by atoms with van der Waals surface area (Å²) in [6, 6.07) is 0.785. The molecule has 0 atom stereocenters. The van der Waals surface area contributed by atoms with Gasteiger partial charge in [-0.1, -0.05) is 0 Å². The lowest BCUT2D eigenvalue weighted by molar-refractivity contribution is -0.141. The molecular weight excluding hydrogens is 345 g/mol. The average Bonchev–Trinajstić information content (AvgIpc) is 3.06. The van der Waals surface area contributed by atoms with Crippen molar-refractivity contribution in [2.24, 2.45) is 4.99 Å². The molecule has 0 unspecified atom stereocenters. The Kier molecular flexibility index (Phi) is 4.92. The summed E-state index contributed by atoms with van der Waals surface area (Å²) in [5.74, 6) is -0.667. The maximum absolute atomic E-state index is 12.6. The van der Waals surface area contributed by atoms with Crippen molar-refractivity contribution >= 4 is 29.0 Å². The predicted octanol–water partition coefficient (Wildman–Crippen LogP) is 2.88. The number of carbonyl (C=O) groups excluding carboxylic acids is 1. The van der Waals surface area contributed by atoms with Crippen LogP contribution < -0.4 is 10.6 Å². The highest BCUT2D eigenvalue weighted by Gasteiger charge is 2.33. The van der Waals surface area contributed by atoms with Crippen molar-refractivity contribution in [1.29, 1.82) is 0 Å². The first kappa shape index (κ1) is 17.9. The molecule has 0 saturated heterocycles. The van der Waals surface area contributed by atoms with E-state index >= 15 is 0 Å². The molecule has 0 fully saturated rings. The van der Waals surface area contributed by atoms with E-state index in [-0.39, 0.29) is 16.8 Å². The van der Waals surface area contributed by atoms with Crippen LogP contribution in [0.5, 0.6) is 0 Å². The summed E-state index contributed by atoms with van der Waals surface area (Å²) >= 11 is 1.13. The van der Waals surface area contributed by atoms with Gasteiger partial charge in [0.05, 0.1) is 5.54 Å². The minimum atomic E-state index is -4.54. The minimum Gasteiger partial charge on any atom is -0.309 e. The number of nitrogens with one attached hydrogen (secondary N) is 3. The number of amides is 1. The van der Waals surface area contributed by atoms with Gasteiger partial charge in [0.2, 0.25) is 5.96 Å². The molecule has 0 saturated carbocycles. The Labute approximate surface area is 139 Å². The number of hydrogen-bond donors (Lipinski definition) is 3. The molecular formula is C13H15F3N6OS. The second-order valence-corrected chi connectivity index (χ2v) is 6.61. The molecule has 0 radical (unpaired) electrons. The highest BCUT2D eigenvalue weighted by atomic mass is 32.1. The number of nitrogens with zero attached hydrogens (tertiary/aromatic N) is 3. The first-order valence-corrected chi connectivity index (χ1v) is 7.63. The van der Waals surface area contributed by atoms with Crippen molar-refractivity contribution < 1.29 is 18.0 Å². The SMILES string of the molecule is CC(C)(C)N=C(NC(=O)c1nccs1)Nc1cc(C(F)(F)F)[nH]n1. The summed E-state index contributed by atoms with van der Waals surface area (Å²) in [5.41, 5.74) is -1.59. The Hall–Kier alpha value is -2.43. The number of hydrogen-bond acceptors (Lipinski definition) is 5. The van der Waals surface area contributed by atoms with Crippen molar-refractivity contribution in [2.75, 3.05) is 5.32 Å². The summed E-state index contributed by atoms with van der Waals surface area (Å²) in [4.78, 5) is 20.2. The first-order chi connectivity index (χ1) is 11.0. The number of anilines is 1. The lowest BCUT2D eigenvalue weighted by Crippen LogP contribution is -2.38. The van der Waals surface area contributed by atoms with Crippen LogP contribution >= 0.6 is 11.3 Å². The van der Waals surface area contributed by atoms with Crippen LogP contribution in [-0.4, -0.2) is 32.6 Å². The fourth-order valence-corrected chi connectivity index (χ4v) is 2.10. The Bertz CT molecular complexity index is 730. The van der Waals surface area contributed by atoms with Crippen LogP contribution in [0.2, 0.25) is 0 Å². The van der Waals surface area contributed by atoms with Gasteiger partial charge in [0.25, 0.3) is 5.91 Å². The molecule has 2 aromatic rings. The molecule has 0 aliphatic heterocycles. The van der Waals surface area contributed by atoms with Gasteiger partial charge in [-0.3, -0.25) is 15.2 Å². The van der Waals surface area contributed by atoms with Crippen LogP contribution in [0.25, 0.3) is 0 Å². The second-order valence-electron chi connectivity index (χ2n) is 5.71. The quantitative estimate of drug-likeness (QED) is 0.567. The minimum absolute atomic E-state index is 0.0251. The molecule has 0 aromatic carbocycles. The number of alkyl halides is 3. The van der Waals surface area contributed by atoms with Crippen molar-refractivity contribution in [3.05, 3.63) is 28.3 Å². The maximum Gasteiger partial charge on any atom is 0.432 e. The standard InChI is InChI=1S/C13H15F3N6OS/c1-12(2,3)20-11(19-9(23)10-17-4-5-24-10)18-8-6-7(21-22-8)13(14,15)16/h4-6H,1-3H3,(H3,18,19,20,21,22,23). The topological polar surface area (TPSA) is 95.1 Å². The number of aliphatic imine (C=N–C) groups is 1. The van der Waals surface area contributed by atoms with Crippen LogP contribution in [0.3, 0.4) is 0 Å². The van der Waals surface area contributed by atoms with Crippen LogP contribution in [-0.2, 0) is 6.18 Å². The van der Waals surface area contributed by atoms with Crippen LogP contribution in [0.4, 0.5) is 19.0 Å². The molecule has 0 aliphatic carbocycles. The maximum atomic E-state index is 12.6. The molecule has 130 valence electrons. The molecule has 0 aliphatic rings. The molecule has 2 aromatic heterocycles. The number of H-pyrrole nitrogens is 1. The van der Waals surface area contributed by atoms with Gasteiger partial charge in [0.1, 0.15) is 5.69 Å². The fraction of sp³-hybridized carbons (Fsp3) is 0.385. The summed E-state index contributed by atoms with van der Waals surface area (Å²) in [5, 5.41) is 12.3. The van der Waals surface area contributed by atoms with Gasteiger partial charge in [-0.05, 0) is 20.8 Å². The molecule has 2 rings (SSSR count). The zero-order valence-corrected chi connectivity index (χ0v) is 13.8. The van der Waals surface area contributed by atoms with Gasteiger partial charge >= 0.3 is 6.18 Å². The van der Waals surface area contributed by atoms with Crippen molar-refractivity contribution in [3.8, 4) is 0 Å². The van der Waals surface area contributed by atoms with Gasteiger partial charge in [0.15, 0.2) is 10.8 Å². The number of guanidine groups is 1. The summed E-state index contributed by atoms with van der Waals surface area (Å²) in [6.45, 7) is 5.32. The molecule has 0 bridgehead atoms. The number of thiazole rings is 1. The van der Waals surface area contributed by atoms with E-state index in [4.69, 9.17) is 0 Å². The van der Waals surface area contributed by atoms with Gasteiger partial charge < -0.3 is 5.32 Å². The third-order valence-corrected chi connectivity index (χ3v) is 3.21. The predicted molar refractivity (Wildman–Crippen MR) is 84.0 cm³/mol. The van der Waals surface area contributed by atoms with E-state index in [1.807, 2.05) is 5.10 Å². The van der Waals surface area contributed by atoms with Crippen LogP contribution in [0.15, 0.2) is 22.6 Å². The monoisotopic (exact) mass is 360 g/mol. The Balaban J connectivity index is 2.19. The highest BCUT2D eigenvalue weighted by Crippen LogP contribution is 2.28. The van der Waals surface area contributed by atoms with E-state index in [2.05, 4.69) is 25.7 Å². The average molecular weight is 360 g/mol. The Morgan fingerprint density at radius 1 is 1.33 bits per heavy atom. The van der Waals surface area contributed by atoms with E-state index in [1.54, 1.807) is 26.2 Å². The summed E-state index contributed by atoms with van der Waals surface area (Å²) in [6.07, 6.45) is -3.07. The second kappa shape index (κ2) is 6.59. The molecule has 24 heavy (non-hydrogen) atoms. The largest absolute Gasteiger partial charge is 0.432 e. The first-order valence-electron chi connectivity index (χ1n) is 6.75. The molecule has 3 N–H and O–H groups in total. The lowest BCUT2D eigenvalue weighted by Gasteiger charge is -2.16. The van der Waals surface area contributed by atoms with Crippen LogP contribution in [0.1, 0.15) is 36.3 Å². The third kappa shape index (κ3) is 5.05. The molecule has 7 nitrogen and oxygen atoms in total. The highest BCUT2D eigenvalue weighted by molar-refractivity contribution is 7.11. The van der Waals surface area contributed by atoms with Crippen molar-refractivity contribution in [1.82, 2.24) is 20.5 Å². The van der Waals surface area contributed by atoms with Gasteiger partial charge in [-0.2, -0.15) is 18.3 Å². The Morgan fingerprint density at radius 3 is 2.54 bits per heavy atom. The number of halogens is 3. The normalized spacial score (nSPS) is 13.0. The summed E-state index contributed by atoms with van der Waals surface area (Å²) < 4.78 is 37.8. The van der Waals surface area contributed by atoms with Crippen molar-refractivity contribution in [3.63, 3.8) is 0 Å². The molecule has 1 amide bonds. The smallest absolute Gasteiger partial charge is 0.309 e. The summed E-state index contributed by atoms with van der Waals surface area (Å²) in [7, 11) is 0. The zero-order chi connectivity index (χ0) is 18.0. The van der Waals surface area contributed by atoms with Crippen LogP contribution in [0, 0.1) is 0 Å². The third-order valence-electron chi connectivity index (χ3n) is 2.44. The number of rotatable bonds is 2. The van der Waals surface area contributed by atoms with Gasteiger partial charge in [0, 0.05) is 17.6 Å². The number of aromatic nitrogens is 3. The number of carbonyl (C=O) groups is 1. The van der Waals surface area contributed by atoms with E-state index in [0.29, 0.717) is 0 Å². The molecule has 0 spiro atoms. The van der Waals surface area contributed by atoms with Gasteiger partial charge in [-0.15, -0.1) is 11.3 Å². The molecule has 11 heteroatoms. The zero-order valence-electron chi connectivity index (χ0n) is 13.0. The fourth-order valence-electron chi connectivity index (χ4n) is 1.57.